The van der Waals surface area contributed by atoms with Crippen molar-refractivity contribution in [3.8, 4) is 5.75 Å². The number of benzene rings is 1. The largest absolute Gasteiger partial charge is 0.492 e. The molecule has 1 aliphatic heterocycles. The van der Waals surface area contributed by atoms with Crippen LogP contribution in [0.3, 0.4) is 0 Å². The van der Waals surface area contributed by atoms with E-state index in [0.29, 0.717) is 19.6 Å². The van der Waals surface area contributed by atoms with Crippen molar-refractivity contribution in [2.45, 2.75) is 39.0 Å². The number of anilines is 1. The third kappa shape index (κ3) is 7.50. The third-order valence-electron chi connectivity index (χ3n) is 3.93. The maximum absolute atomic E-state index is 11.4. The number of hydrogen-bond donors (Lipinski definition) is 3. The molecule has 0 saturated carbocycles. The van der Waals surface area contributed by atoms with Crippen molar-refractivity contribution in [2.75, 3.05) is 32.1 Å². The summed E-state index contributed by atoms with van der Waals surface area (Å²) in [5.74, 6) is 1.72. The van der Waals surface area contributed by atoms with Gasteiger partial charge in [-0.2, -0.15) is 0 Å². The van der Waals surface area contributed by atoms with Crippen molar-refractivity contribution in [1.29, 1.82) is 0 Å². The van der Waals surface area contributed by atoms with Crippen LogP contribution in [0.1, 0.15) is 38.2 Å². The van der Waals surface area contributed by atoms with Gasteiger partial charge in [-0.15, -0.1) is 24.0 Å². The van der Waals surface area contributed by atoms with Crippen molar-refractivity contribution < 1.29 is 9.53 Å². The molecule has 0 atom stereocenters. The molecular formula is C18H29IN4O2. The van der Waals surface area contributed by atoms with Crippen LogP contribution in [0.25, 0.3) is 0 Å². The lowest BCUT2D eigenvalue weighted by molar-refractivity contribution is -0.116. The molecule has 0 fully saturated rings. The predicted molar refractivity (Wildman–Crippen MR) is 113 cm³/mol. The molecule has 1 aliphatic rings. The van der Waals surface area contributed by atoms with Gasteiger partial charge in [0.2, 0.25) is 5.91 Å². The van der Waals surface area contributed by atoms with Gasteiger partial charge in [-0.05, 0) is 36.6 Å². The Morgan fingerprint density at radius 3 is 2.80 bits per heavy atom. The number of halogens is 1. The normalized spacial score (nSPS) is 13.4. The minimum atomic E-state index is 0. The quantitative estimate of drug-likeness (QED) is 0.242. The SMILES string of the molecule is CCCCCNC(=NC)NCCOc1ccc2c(c1)CCC(=O)N2.I. The van der Waals surface area contributed by atoms with E-state index in [4.69, 9.17) is 4.74 Å². The van der Waals surface area contributed by atoms with E-state index in [-0.39, 0.29) is 29.9 Å². The van der Waals surface area contributed by atoms with Crippen LogP contribution in [0.2, 0.25) is 0 Å². The first kappa shape index (κ1) is 21.5. The second-order valence-corrected chi connectivity index (χ2v) is 5.85. The van der Waals surface area contributed by atoms with Crippen LogP contribution in [0.5, 0.6) is 5.75 Å². The van der Waals surface area contributed by atoms with Gasteiger partial charge in [0, 0.05) is 25.7 Å². The topological polar surface area (TPSA) is 74.8 Å². The van der Waals surface area contributed by atoms with Crippen LogP contribution in [0, 0.1) is 0 Å². The number of nitrogens with zero attached hydrogens (tertiary/aromatic N) is 1. The molecule has 25 heavy (non-hydrogen) atoms. The molecule has 7 heteroatoms. The zero-order valence-corrected chi connectivity index (χ0v) is 17.4. The summed E-state index contributed by atoms with van der Waals surface area (Å²) in [4.78, 5) is 15.6. The van der Waals surface area contributed by atoms with Crippen LogP contribution in [-0.2, 0) is 11.2 Å². The Hall–Kier alpha value is -1.51. The molecular weight excluding hydrogens is 431 g/mol. The number of hydrogen-bond acceptors (Lipinski definition) is 3. The Labute approximate surface area is 167 Å². The number of carbonyl (C=O) groups excluding carboxylic acids is 1. The summed E-state index contributed by atoms with van der Waals surface area (Å²) in [6.45, 7) is 4.37. The Kier molecular flexibility index (Phi) is 10.3. The molecule has 1 aromatic carbocycles. The minimum Gasteiger partial charge on any atom is -0.492 e. The van der Waals surface area contributed by atoms with E-state index in [1.807, 2.05) is 18.2 Å². The van der Waals surface area contributed by atoms with Crippen molar-refractivity contribution in [2.24, 2.45) is 4.99 Å². The molecule has 0 aliphatic carbocycles. The summed E-state index contributed by atoms with van der Waals surface area (Å²) in [6.07, 6.45) is 4.90. The minimum absolute atomic E-state index is 0. The average Bonchev–Trinajstić information content (AvgIpc) is 2.60. The first-order valence-electron chi connectivity index (χ1n) is 8.73. The first-order valence-corrected chi connectivity index (χ1v) is 8.73. The summed E-state index contributed by atoms with van der Waals surface area (Å²) >= 11 is 0. The highest BCUT2D eigenvalue weighted by atomic mass is 127. The lowest BCUT2D eigenvalue weighted by atomic mass is 10.0. The highest BCUT2D eigenvalue weighted by Crippen LogP contribution is 2.26. The highest BCUT2D eigenvalue weighted by Gasteiger charge is 2.14. The summed E-state index contributed by atoms with van der Waals surface area (Å²) < 4.78 is 5.78. The van der Waals surface area contributed by atoms with Gasteiger partial charge in [-0.25, -0.2) is 0 Å². The van der Waals surface area contributed by atoms with Gasteiger partial charge >= 0.3 is 0 Å². The number of nitrogens with one attached hydrogen (secondary N) is 3. The average molecular weight is 460 g/mol. The van der Waals surface area contributed by atoms with Gasteiger partial charge in [0.05, 0.1) is 6.54 Å². The first-order chi connectivity index (χ1) is 11.7. The van der Waals surface area contributed by atoms with Crippen LogP contribution < -0.4 is 20.7 Å². The van der Waals surface area contributed by atoms with Gasteiger partial charge in [0.1, 0.15) is 12.4 Å². The molecule has 0 saturated heterocycles. The van der Waals surface area contributed by atoms with Gasteiger partial charge in [-0.1, -0.05) is 19.8 Å². The Morgan fingerprint density at radius 1 is 1.24 bits per heavy atom. The van der Waals surface area contributed by atoms with E-state index < -0.39 is 0 Å². The van der Waals surface area contributed by atoms with Gasteiger partial charge < -0.3 is 20.7 Å². The monoisotopic (exact) mass is 460 g/mol. The Bertz CT molecular complexity index is 578. The fourth-order valence-corrected chi connectivity index (χ4v) is 2.59. The molecule has 0 aromatic heterocycles. The molecule has 1 amide bonds. The second kappa shape index (κ2) is 11.9. The van der Waals surface area contributed by atoms with Crippen LogP contribution in [-0.4, -0.2) is 38.6 Å². The summed E-state index contributed by atoms with van der Waals surface area (Å²) in [5.41, 5.74) is 2.03. The zero-order valence-electron chi connectivity index (χ0n) is 15.1. The second-order valence-electron chi connectivity index (χ2n) is 5.85. The molecule has 1 aromatic rings. The van der Waals surface area contributed by atoms with Gasteiger partial charge in [0.25, 0.3) is 0 Å². The summed E-state index contributed by atoms with van der Waals surface area (Å²) in [5, 5.41) is 9.41. The van der Waals surface area contributed by atoms with E-state index in [0.717, 1.165) is 42.3 Å². The number of ether oxygens (including phenoxy) is 1. The molecule has 0 radical (unpaired) electrons. The van der Waals surface area contributed by atoms with E-state index in [2.05, 4.69) is 27.9 Å². The molecule has 0 spiro atoms. The molecule has 0 unspecified atom stereocenters. The molecule has 3 N–H and O–H groups in total. The molecule has 1 heterocycles. The lowest BCUT2D eigenvalue weighted by Gasteiger charge is -2.18. The number of amides is 1. The molecule has 0 bridgehead atoms. The smallest absolute Gasteiger partial charge is 0.224 e. The van der Waals surface area contributed by atoms with E-state index >= 15 is 0 Å². The van der Waals surface area contributed by atoms with E-state index in [9.17, 15) is 4.79 Å². The number of unbranched alkanes of at least 4 members (excludes halogenated alkanes) is 2. The fraction of sp³-hybridized carbons (Fsp3) is 0.556. The number of rotatable bonds is 8. The van der Waals surface area contributed by atoms with E-state index in [1.165, 1.54) is 12.8 Å². The van der Waals surface area contributed by atoms with Gasteiger partial charge in [0.15, 0.2) is 5.96 Å². The maximum Gasteiger partial charge on any atom is 0.224 e. The van der Waals surface area contributed by atoms with Crippen molar-refractivity contribution >= 4 is 41.5 Å². The standard InChI is InChI=1S/C18H28N4O2.HI/c1-3-4-5-10-20-18(19-2)21-11-12-24-15-7-8-16-14(13-15)6-9-17(23)22-16;/h7-8,13H,3-6,9-12H2,1-2H3,(H,22,23)(H2,19,20,21);1H. The van der Waals surface area contributed by atoms with Crippen molar-refractivity contribution in [1.82, 2.24) is 10.6 Å². The van der Waals surface area contributed by atoms with Crippen LogP contribution in [0.4, 0.5) is 5.69 Å². The molecule has 140 valence electrons. The molecule has 6 nitrogen and oxygen atoms in total. The van der Waals surface area contributed by atoms with Crippen molar-refractivity contribution in [3.05, 3.63) is 23.8 Å². The maximum atomic E-state index is 11.4. The molecule has 2 rings (SSSR count). The zero-order chi connectivity index (χ0) is 17.2. The fourth-order valence-electron chi connectivity index (χ4n) is 2.59. The number of fused-ring (bicyclic) bond motifs is 1. The summed E-state index contributed by atoms with van der Waals surface area (Å²) in [7, 11) is 1.77. The third-order valence-corrected chi connectivity index (χ3v) is 3.93. The number of carbonyl (C=O) groups is 1. The predicted octanol–water partition coefficient (Wildman–Crippen LogP) is 2.92. The Morgan fingerprint density at radius 2 is 2.04 bits per heavy atom. The van der Waals surface area contributed by atoms with Crippen LogP contribution in [0.15, 0.2) is 23.2 Å². The van der Waals surface area contributed by atoms with Crippen molar-refractivity contribution in [3.63, 3.8) is 0 Å². The lowest BCUT2D eigenvalue weighted by Crippen LogP contribution is -2.39. The van der Waals surface area contributed by atoms with Crippen LogP contribution >= 0.6 is 24.0 Å². The number of aryl methyl sites for hydroxylation is 1. The number of aliphatic imine (C=N–C) groups is 1. The summed E-state index contributed by atoms with van der Waals surface area (Å²) in [6, 6.07) is 5.80. The number of guanidine groups is 1. The van der Waals surface area contributed by atoms with Gasteiger partial charge in [-0.3, -0.25) is 9.79 Å². The van der Waals surface area contributed by atoms with E-state index in [1.54, 1.807) is 7.05 Å². The Balaban J connectivity index is 0.00000312. The highest BCUT2D eigenvalue weighted by molar-refractivity contribution is 14.0.